The van der Waals surface area contributed by atoms with Crippen LogP contribution in [0.2, 0.25) is 5.02 Å². The fourth-order valence-corrected chi connectivity index (χ4v) is 3.79. The van der Waals surface area contributed by atoms with Crippen LogP contribution in [0, 0.1) is 12.8 Å². The third kappa shape index (κ3) is 5.02. The van der Waals surface area contributed by atoms with E-state index in [0.717, 1.165) is 50.2 Å². The number of halogens is 1. The largest absolute Gasteiger partial charge is 0.376 e. The van der Waals surface area contributed by atoms with E-state index in [4.69, 9.17) is 16.3 Å². The number of hydrogen-bond acceptors (Lipinski definition) is 3. The predicted molar refractivity (Wildman–Crippen MR) is 105 cm³/mol. The summed E-state index contributed by atoms with van der Waals surface area (Å²) in [5.74, 6) is 1.48. The minimum atomic E-state index is 0.325. The van der Waals surface area contributed by atoms with Crippen molar-refractivity contribution in [2.24, 2.45) is 10.9 Å². The highest BCUT2D eigenvalue weighted by atomic mass is 35.5. The van der Waals surface area contributed by atoms with Crippen molar-refractivity contribution in [2.75, 3.05) is 44.7 Å². The van der Waals surface area contributed by atoms with Crippen molar-refractivity contribution < 1.29 is 4.74 Å². The number of benzene rings is 1. The zero-order valence-electron chi connectivity index (χ0n) is 15.2. The molecule has 6 heteroatoms. The van der Waals surface area contributed by atoms with Crippen LogP contribution in [-0.2, 0) is 4.74 Å². The van der Waals surface area contributed by atoms with E-state index in [1.165, 1.54) is 24.1 Å². The summed E-state index contributed by atoms with van der Waals surface area (Å²) in [5, 5.41) is 7.65. The Hall–Kier alpha value is -1.46. The van der Waals surface area contributed by atoms with E-state index in [0.29, 0.717) is 12.0 Å². The molecule has 0 bridgehead atoms. The van der Waals surface area contributed by atoms with Gasteiger partial charge in [-0.05, 0) is 49.8 Å². The van der Waals surface area contributed by atoms with Gasteiger partial charge in [-0.1, -0.05) is 17.7 Å². The molecular weight excluding hydrogens is 336 g/mol. The van der Waals surface area contributed by atoms with Crippen molar-refractivity contribution in [1.82, 2.24) is 10.6 Å². The van der Waals surface area contributed by atoms with Crippen LogP contribution in [0.4, 0.5) is 5.69 Å². The summed E-state index contributed by atoms with van der Waals surface area (Å²) >= 11 is 6.17. The van der Waals surface area contributed by atoms with E-state index >= 15 is 0 Å². The quantitative estimate of drug-likeness (QED) is 0.623. The Morgan fingerprint density at radius 3 is 2.92 bits per heavy atom. The number of aryl methyl sites for hydroxylation is 1. The molecule has 0 amide bonds. The van der Waals surface area contributed by atoms with E-state index in [1.54, 1.807) is 0 Å². The first-order valence-corrected chi connectivity index (χ1v) is 9.60. The van der Waals surface area contributed by atoms with Crippen LogP contribution in [0.3, 0.4) is 0 Å². The highest BCUT2D eigenvalue weighted by molar-refractivity contribution is 6.30. The highest BCUT2D eigenvalue weighted by Gasteiger charge is 2.24. The Bertz CT molecular complexity index is 601. The van der Waals surface area contributed by atoms with Crippen molar-refractivity contribution in [3.63, 3.8) is 0 Å². The van der Waals surface area contributed by atoms with Gasteiger partial charge in [0.05, 0.1) is 6.10 Å². The lowest BCUT2D eigenvalue weighted by molar-refractivity contribution is 0.114. The molecule has 0 spiro atoms. The lowest BCUT2D eigenvalue weighted by Crippen LogP contribution is -2.43. The SMILES string of the molecule is CN=C(NCC1CCN(c2cc(Cl)ccc2C)C1)NCC1CCCO1. The molecule has 3 rings (SSSR count). The Balaban J connectivity index is 1.45. The number of anilines is 1. The van der Waals surface area contributed by atoms with Crippen molar-refractivity contribution >= 4 is 23.2 Å². The van der Waals surface area contributed by atoms with Crippen LogP contribution in [0.15, 0.2) is 23.2 Å². The Labute approximate surface area is 155 Å². The molecule has 138 valence electrons. The second kappa shape index (κ2) is 8.77. The molecule has 0 aromatic heterocycles. The molecule has 2 aliphatic rings. The van der Waals surface area contributed by atoms with Gasteiger partial charge < -0.3 is 20.3 Å². The molecule has 2 fully saturated rings. The molecule has 2 saturated heterocycles. The van der Waals surface area contributed by atoms with Gasteiger partial charge in [-0.25, -0.2) is 0 Å². The van der Waals surface area contributed by atoms with Crippen LogP contribution in [0.5, 0.6) is 0 Å². The molecule has 2 aliphatic heterocycles. The van der Waals surface area contributed by atoms with Gasteiger partial charge in [0.2, 0.25) is 0 Å². The number of nitrogens with one attached hydrogen (secondary N) is 2. The number of aliphatic imine (C=N–C) groups is 1. The van der Waals surface area contributed by atoms with E-state index < -0.39 is 0 Å². The van der Waals surface area contributed by atoms with Gasteiger partial charge in [0, 0.05) is 50.5 Å². The van der Waals surface area contributed by atoms with Crippen molar-refractivity contribution in [1.29, 1.82) is 0 Å². The lowest BCUT2D eigenvalue weighted by Gasteiger charge is -2.22. The van der Waals surface area contributed by atoms with Crippen molar-refractivity contribution in [3.8, 4) is 0 Å². The first kappa shape index (κ1) is 18.3. The normalized spacial score (nSPS) is 24.0. The van der Waals surface area contributed by atoms with Crippen LogP contribution in [0.1, 0.15) is 24.8 Å². The molecular formula is C19H29ClN4O. The molecule has 2 unspecified atom stereocenters. The standard InChI is InChI=1S/C19H29ClN4O/c1-14-5-6-16(20)10-18(14)24-8-7-15(13-24)11-22-19(21-2)23-12-17-4-3-9-25-17/h5-6,10,15,17H,3-4,7-9,11-13H2,1-2H3,(H2,21,22,23). The molecule has 0 saturated carbocycles. The first-order chi connectivity index (χ1) is 12.2. The molecule has 1 aromatic carbocycles. The topological polar surface area (TPSA) is 48.9 Å². The minimum absolute atomic E-state index is 0.325. The monoisotopic (exact) mass is 364 g/mol. The number of nitrogens with zero attached hydrogens (tertiary/aromatic N) is 2. The number of ether oxygens (including phenoxy) is 1. The Morgan fingerprint density at radius 2 is 2.16 bits per heavy atom. The number of hydrogen-bond donors (Lipinski definition) is 2. The van der Waals surface area contributed by atoms with Gasteiger partial charge in [0.15, 0.2) is 5.96 Å². The number of guanidine groups is 1. The summed E-state index contributed by atoms with van der Waals surface area (Å²) in [6, 6.07) is 6.13. The van der Waals surface area contributed by atoms with Crippen LogP contribution < -0.4 is 15.5 Å². The summed E-state index contributed by atoms with van der Waals surface area (Å²) < 4.78 is 5.65. The fraction of sp³-hybridized carbons (Fsp3) is 0.632. The van der Waals surface area contributed by atoms with Gasteiger partial charge in [-0.2, -0.15) is 0 Å². The molecule has 5 nitrogen and oxygen atoms in total. The van der Waals surface area contributed by atoms with E-state index in [1.807, 2.05) is 13.1 Å². The molecule has 2 N–H and O–H groups in total. The summed E-state index contributed by atoms with van der Waals surface area (Å²) in [7, 11) is 1.82. The predicted octanol–water partition coefficient (Wildman–Crippen LogP) is 2.82. The minimum Gasteiger partial charge on any atom is -0.376 e. The fourth-order valence-electron chi connectivity index (χ4n) is 3.62. The van der Waals surface area contributed by atoms with Gasteiger partial charge in [-0.15, -0.1) is 0 Å². The third-order valence-corrected chi connectivity index (χ3v) is 5.34. The molecule has 25 heavy (non-hydrogen) atoms. The van der Waals surface area contributed by atoms with Crippen molar-refractivity contribution in [3.05, 3.63) is 28.8 Å². The summed E-state index contributed by atoms with van der Waals surface area (Å²) in [6.07, 6.45) is 3.81. The Kier molecular flexibility index (Phi) is 6.43. The first-order valence-electron chi connectivity index (χ1n) is 9.23. The average Bonchev–Trinajstić information content (AvgIpc) is 3.29. The summed E-state index contributed by atoms with van der Waals surface area (Å²) in [6.45, 7) is 6.93. The smallest absolute Gasteiger partial charge is 0.191 e. The number of rotatable bonds is 5. The summed E-state index contributed by atoms with van der Waals surface area (Å²) in [5.41, 5.74) is 2.54. The van der Waals surface area contributed by atoms with E-state index in [9.17, 15) is 0 Å². The molecule has 0 radical (unpaired) electrons. The molecule has 2 heterocycles. The maximum atomic E-state index is 6.17. The van der Waals surface area contributed by atoms with Gasteiger partial charge in [-0.3, -0.25) is 4.99 Å². The lowest BCUT2D eigenvalue weighted by atomic mass is 10.1. The zero-order chi connectivity index (χ0) is 17.6. The maximum Gasteiger partial charge on any atom is 0.191 e. The Morgan fingerprint density at radius 1 is 1.32 bits per heavy atom. The van der Waals surface area contributed by atoms with Crippen LogP contribution in [-0.4, -0.2) is 51.9 Å². The van der Waals surface area contributed by atoms with E-state index in [2.05, 4.69) is 39.6 Å². The maximum absolute atomic E-state index is 6.17. The third-order valence-electron chi connectivity index (χ3n) is 5.10. The second-order valence-corrected chi connectivity index (χ2v) is 7.44. The average molecular weight is 365 g/mol. The zero-order valence-corrected chi connectivity index (χ0v) is 16.0. The highest BCUT2D eigenvalue weighted by Crippen LogP contribution is 2.29. The van der Waals surface area contributed by atoms with Gasteiger partial charge >= 0.3 is 0 Å². The van der Waals surface area contributed by atoms with E-state index in [-0.39, 0.29) is 0 Å². The van der Waals surface area contributed by atoms with Gasteiger partial charge in [0.25, 0.3) is 0 Å². The van der Waals surface area contributed by atoms with Crippen molar-refractivity contribution in [2.45, 2.75) is 32.3 Å². The molecule has 1 aromatic rings. The molecule has 0 aliphatic carbocycles. The van der Waals surface area contributed by atoms with Gasteiger partial charge in [0.1, 0.15) is 0 Å². The van der Waals surface area contributed by atoms with Crippen LogP contribution in [0.25, 0.3) is 0 Å². The van der Waals surface area contributed by atoms with Crippen LogP contribution >= 0.6 is 11.6 Å². The molecule has 2 atom stereocenters. The second-order valence-electron chi connectivity index (χ2n) is 7.00. The summed E-state index contributed by atoms with van der Waals surface area (Å²) in [4.78, 5) is 6.76.